The smallest absolute Gasteiger partial charge is 0.296 e. The second-order valence-electron chi connectivity index (χ2n) is 5.84. The first-order valence-corrected chi connectivity index (χ1v) is 9.20. The number of nitrogens with zero attached hydrogens (tertiary/aromatic N) is 3. The van der Waals surface area contributed by atoms with E-state index in [9.17, 15) is 4.79 Å². The van der Waals surface area contributed by atoms with E-state index in [0.29, 0.717) is 17.4 Å². The molecule has 0 aliphatic carbocycles. The van der Waals surface area contributed by atoms with Gasteiger partial charge in [0.25, 0.3) is 5.91 Å². The number of furan rings is 1. The van der Waals surface area contributed by atoms with Crippen molar-refractivity contribution in [3.63, 3.8) is 0 Å². The predicted molar refractivity (Wildman–Crippen MR) is 102 cm³/mol. The third-order valence-corrected chi connectivity index (χ3v) is 5.21. The van der Waals surface area contributed by atoms with Crippen LogP contribution >= 0.6 is 11.3 Å². The number of rotatable bonds is 5. The molecule has 6 heteroatoms. The Balaban J connectivity index is 1.78. The maximum atomic E-state index is 13.0. The van der Waals surface area contributed by atoms with Gasteiger partial charge in [0.1, 0.15) is 0 Å². The first-order chi connectivity index (χ1) is 12.8. The molecule has 0 spiro atoms. The highest BCUT2D eigenvalue weighted by molar-refractivity contribution is 7.22. The Morgan fingerprint density at radius 2 is 2.00 bits per heavy atom. The monoisotopic (exact) mass is 363 g/mol. The van der Waals surface area contributed by atoms with Gasteiger partial charge in [0.2, 0.25) is 0 Å². The van der Waals surface area contributed by atoms with E-state index in [1.54, 1.807) is 29.4 Å². The van der Waals surface area contributed by atoms with Gasteiger partial charge in [0.05, 0.1) is 23.0 Å². The van der Waals surface area contributed by atoms with Crippen LogP contribution in [-0.4, -0.2) is 15.9 Å². The van der Waals surface area contributed by atoms with E-state index >= 15 is 0 Å². The largest absolute Gasteiger partial charge is 0.459 e. The van der Waals surface area contributed by atoms with Crippen LogP contribution in [0.1, 0.15) is 28.6 Å². The molecule has 130 valence electrons. The fourth-order valence-electron chi connectivity index (χ4n) is 2.82. The molecule has 4 aromatic rings. The van der Waals surface area contributed by atoms with Crippen LogP contribution < -0.4 is 4.90 Å². The molecule has 5 nitrogen and oxygen atoms in total. The summed E-state index contributed by atoms with van der Waals surface area (Å²) in [5, 5.41) is 0.666. The molecule has 0 radical (unpaired) electrons. The third kappa shape index (κ3) is 3.11. The summed E-state index contributed by atoms with van der Waals surface area (Å²) in [7, 11) is 0. The number of fused-ring (bicyclic) bond motifs is 1. The van der Waals surface area contributed by atoms with E-state index in [4.69, 9.17) is 9.40 Å². The molecule has 26 heavy (non-hydrogen) atoms. The zero-order chi connectivity index (χ0) is 17.9. The number of anilines is 1. The molecule has 0 fully saturated rings. The van der Waals surface area contributed by atoms with Gasteiger partial charge in [-0.05, 0) is 47.9 Å². The molecular weight excluding hydrogens is 346 g/mol. The molecule has 0 saturated heterocycles. The summed E-state index contributed by atoms with van der Waals surface area (Å²) in [4.78, 5) is 23.5. The van der Waals surface area contributed by atoms with Crippen molar-refractivity contribution in [2.45, 2.75) is 19.9 Å². The second kappa shape index (κ2) is 7.09. The first-order valence-electron chi connectivity index (χ1n) is 8.39. The molecule has 4 rings (SSSR count). The van der Waals surface area contributed by atoms with Gasteiger partial charge in [-0.1, -0.05) is 30.4 Å². The van der Waals surface area contributed by atoms with Crippen LogP contribution in [0.4, 0.5) is 5.13 Å². The highest BCUT2D eigenvalue weighted by atomic mass is 32.1. The van der Waals surface area contributed by atoms with Gasteiger partial charge >= 0.3 is 0 Å². The Labute approximate surface area is 154 Å². The lowest BCUT2D eigenvalue weighted by molar-refractivity contribution is 0.0958. The van der Waals surface area contributed by atoms with Crippen molar-refractivity contribution >= 4 is 32.6 Å². The average Bonchev–Trinajstić information content (AvgIpc) is 3.35. The minimum Gasteiger partial charge on any atom is -0.459 e. The van der Waals surface area contributed by atoms with Gasteiger partial charge < -0.3 is 4.42 Å². The number of amides is 1. The quantitative estimate of drug-likeness (QED) is 0.516. The molecule has 1 amide bonds. The van der Waals surface area contributed by atoms with Gasteiger partial charge in [0, 0.05) is 12.4 Å². The lowest BCUT2D eigenvalue weighted by Crippen LogP contribution is -2.30. The van der Waals surface area contributed by atoms with Crippen molar-refractivity contribution in [1.82, 2.24) is 9.97 Å². The number of pyridine rings is 1. The van der Waals surface area contributed by atoms with Crippen LogP contribution in [0.2, 0.25) is 0 Å². The number of para-hydroxylation sites is 1. The number of carbonyl (C=O) groups excluding carboxylic acids is 1. The van der Waals surface area contributed by atoms with E-state index in [2.05, 4.69) is 18.0 Å². The molecule has 0 bridgehead atoms. The summed E-state index contributed by atoms with van der Waals surface area (Å²) < 4.78 is 6.40. The maximum absolute atomic E-state index is 13.0. The summed E-state index contributed by atoms with van der Waals surface area (Å²) in [5.74, 6) is 0.0953. The van der Waals surface area contributed by atoms with Crippen LogP contribution in [0.25, 0.3) is 10.2 Å². The summed E-state index contributed by atoms with van der Waals surface area (Å²) in [5.41, 5.74) is 3.12. The maximum Gasteiger partial charge on any atom is 0.296 e. The number of carbonyl (C=O) groups is 1. The van der Waals surface area contributed by atoms with E-state index < -0.39 is 0 Å². The molecule has 0 atom stereocenters. The zero-order valence-corrected chi connectivity index (χ0v) is 15.1. The molecule has 0 N–H and O–H groups in total. The van der Waals surface area contributed by atoms with E-state index in [1.165, 1.54) is 23.2 Å². The molecule has 0 unspecified atom stereocenters. The van der Waals surface area contributed by atoms with Crippen molar-refractivity contribution in [3.8, 4) is 0 Å². The lowest BCUT2D eigenvalue weighted by atomic mass is 10.1. The molecule has 0 saturated carbocycles. The van der Waals surface area contributed by atoms with Crippen LogP contribution in [0.3, 0.4) is 0 Å². The number of hydrogen-bond acceptors (Lipinski definition) is 5. The summed E-state index contributed by atoms with van der Waals surface area (Å²) in [6, 6.07) is 13.3. The number of aromatic nitrogens is 2. The van der Waals surface area contributed by atoms with Gasteiger partial charge in [-0.15, -0.1) is 0 Å². The summed E-state index contributed by atoms with van der Waals surface area (Å²) in [6.07, 6.45) is 5.85. The fraction of sp³-hybridized carbons (Fsp3) is 0.150. The highest BCUT2D eigenvalue weighted by Gasteiger charge is 2.24. The SMILES string of the molecule is CCc1cccc2sc(N(Cc3ccncc3)C(=O)c3ccco3)nc12. The minimum atomic E-state index is -0.205. The van der Waals surface area contributed by atoms with Crippen molar-refractivity contribution < 1.29 is 9.21 Å². The molecule has 0 aliphatic rings. The number of benzene rings is 1. The van der Waals surface area contributed by atoms with Crippen molar-refractivity contribution in [2.75, 3.05) is 4.90 Å². The Morgan fingerprint density at radius 1 is 1.15 bits per heavy atom. The fourth-order valence-corrected chi connectivity index (χ4v) is 3.84. The average molecular weight is 363 g/mol. The van der Waals surface area contributed by atoms with Crippen molar-refractivity contribution in [2.24, 2.45) is 0 Å². The third-order valence-electron chi connectivity index (χ3n) is 4.17. The van der Waals surface area contributed by atoms with E-state index in [1.807, 2.05) is 24.3 Å². The van der Waals surface area contributed by atoms with Gasteiger partial charge in [-0.25, -0.2) is 4.98 Å². The highest BCUT2D eigenvalue weighted by Crippen LogP contribution is 2.32. The topological polar surface area (TPSA) is 59.2 Å². The number of thiazole rings is 1. The number of aryl methyl sites for hydroxylation is 1. The van der Waals surface area contributed by atoms with Gasteiger partial charge in [-0.3, -0.25) is 14.7 Å². The van der Waals surface area contributed by atoms with Crippen molar-refractivity contribution in [1.29, 1.82) is 0 Å². The normalized spacial score (nSPS) is 11.0. The van der Waals surface area contributed by atoms with Crippen molar-refractivity contribution in [3.05, 3.63) is 78.0 Å². The predicted octanol–water partition coefficient (Wildman–Crippen LogP) is 4.69. The van der Waals surface area contributed by atoms with Crippen LogP contribution in [0.15, 0.2) is 65.5 Å². The Morgan fingerprint density at radius 3 is 2.73 bits per heavy atom. The van der Waals surface area contributed by atoms with E-state index in [-0.39, 0.29) is 5.91 Å². The number of hydrogen-bond donors (Lipinski definition) is 0. The molecule has 3 heterocycles. The zero-order valence-electron chi connectivity index (χ0n) is 14.3. The minimum absolute atomic E-state index is 0.205. The Hall–Kier alpha value is -2.99. The summed E-state index contributed by atoms with van der Waals surface area (Å²) >= 11 is 1.52. The molecule has 0 aliphatic heterocycles. The first kappa shape index (κ1) is 16.5. The second-order valence-corrected chi connectivity index (χ2v) is 6.85. The van der Waals surface area contributed by atoms with Crippen LogP contribution in [0, 0.1) is 0 Å². The van der Waals surface area contributed by atoms with Gasteiger partial charge in [-0.2, -0.15) is 0 Å². The van der Waals surface area contributed by atoms with Crippen LogP contribution in [-0.2, 0) is 13.0 Å². The Kier molecular flexibility index (Phi) is 4.50. The van der Waals surface area contributed by atoms with Crippen LogP contribution in [0.5, 0.6) is 0 Å². The molecule has 1 aromatic carbocycles. The Bertz CT molecular complexity index is 1030. The molecular formula is C20H17N3O2S. The molecule has 3 aromatic heterocycles. The van der Waals surface area contributed by atoms with Gasteiger partial charge in [0.15, 0.2) is 10.9 Å². The van der Waals surface area contributed by atoms with E-state index in [0.717, 1.165) is 22.2 Å². The standard InChI is InChI=1S/C20H17N3O2S/c1-2-15-5-3-7-17-18(15)22-20(26-17)23(13-14-8-10-21-11-9-14)19(24)16-6-4-12-25-16/h3-12H,2,13H2,1H3. The lowest BCUT2D eigenvalue weighted by Gasteiger charge is -2.18. The summed E-state index contributed by atoms with van der Waals surface area (Å²) in [6.45, 7) is 2.51.